The Morgan fingerprint density at radius 2 is 1.88 bits per heavy atom. The predicted octanol–water partition coefficient (Wildman–Crippen LogP) is 6.08. The van der Waals surface area contributed by atoms with E-state index in [1.807, 2.05) is 68.3 Å². The summed E-state index contributed by atoms with van der Waals surface area (Å²) in [5, 5.41) is 22.2. The third-order valence-electron chi connectivity index (χ3n) is 14.1. The number of hydrogen-bond acceptors (Lipinski definition) is 14. The number of halogens is 1. The number of likely N-dealkylation sites (N-methyl/N-ethyl adjacent to an activating group) is 1. The number of benzene rings is 3. The molecule has 16 heteroatoms. The summed E-state index contributed by atoms with van der Waals surface area (Å²) in [7, 11) is 4.64. The number of ether oxygens (including phenoxy) is 3. The van der Waals surface area contributed by atoms with Crippen LogP contribution < -0.4 is 25.6 Å². The van der Waals surface area contributed by atoms with Crippen molar-refractivity contribution in [3.05, 3.63) is 131 Å². The lowest BCUT2D eigenvalue weighted by atomic mass is 9.47. The fraction of sp³-hybridized carbons (Fsp3) is 0.346. The topological polar surface area (TPSA) is 180 Å². The Labute approximate surface area is 394 Å². The molecule has 2 fully saturated rings. The van der Waals surface area contributed by atoms with Gasteiger partial charge in [0.15, 0.2) is 6.10 Å². The second kappa shape index (κ2) is 18.1. The number of nitrogens with one attached hydrogen (secondary N) is 3. The largest absolute Gasteiger partial charge is 0.495 e. The van der Waals surface area contributed by atoms with Crippen LogP contribution in [0.5, 0.6) is 5.75 Å². The molecule has 5 heterocycles. The normalized spacial score (nSPS) is 24.2. The number of rotatable bonds is 12. The van der Waals surface area contributed by atoms with Gasteiger partial charge in [-0.05, 0) is 91.5 Å². The summed E-state index contributed by atoms with van der Waals surface area (Å²) in [5.41, 5.74) is 2.44. The van der Waals surface area contributed by atoms with E-state index in [0.29, 0.717) is 65.8 Å². The van der Waals surface area contributed by atoms with Gasteiger partial charge in [-0.1, -0.05) is 43.0 Å². The molecule has 0 bridgehead atoms. The maximum absolute atomic E-state index is 15.5. The third kappa shape index (κ3) is 7.60. The van der Waals surface area contributed by atoms with Crippen molar-refractivity contribution in [2.24, 2.45) is 5.41 Å². The molecule has 1 saturated heterocycles. The monoisotopic (exact) mass is 920 g/mol. The van der Waals surface area contributed by atoms with Crippen LogP contribution in [0.25, 0.3) is 11.3 Å². The average molecular weight is 921 g/mol. The van der Waals surface area contributed by atoms with Crippen molar-refractivity contribution in [1.82, 2.24) is 25.2 Å². The Bertz CT molecular complexity index is 2910. The van der Waals surface area contributed by atoms with E-state index in [0.717, 1.165) is 22.4 Å². The number of aliphatic hydroxyl groups is 1. The zero-order valence-electron chi connectivity index (χ0n) is 38.7. The number of nitrogens with zero attached hydrogens (tertiary/aromatic N) is 5. The van der Waals surface area contributed by atoms with Crippen molar-refractivity contribution in [1.29, 1.82) is 0 Å². The van der Waals surface area contributed by atoms with E-state index >= 15 is 4.39 Å². The second-order valence-corrected chi connectivity index (χ2v) is 17.8. The zero-order valence-corrected chi connectivity index (χ0v) is 38.7. The lowest BCUT2D eigenvalue weighted by Gasteiger charge is -2.63. The number of aromatic nitrogens is 3. The van der Waals surface area contributed by atoms with Gasteiger partial charge in [0.2, 0.25) is 11.5 Å². The maximum Gasteiger partial charge on any atom is 0.344 e. The molecule has 3 aromatic carbocycles. The molecule has 9 rings (SSSR count). The van der Waals surface area contributed by atoms with Crippen molar-refractivity contribution in [3.63, 3.8) is 0 Å². The molecule has 4 aliphatic rings. The minimum Gasteiger partial charge on any atom is -0.495 e. The molecule has 2 aromatic heterocycles. The molecule has 0 radical (unpaired) electrons. The minimum atomic E-state index is -2.24. The van der Waals surface area contributed by atoms with Gasteiger partial charge in [0.25, 0.3) is 5.91 Å². The number of carbonyl (C=O) groups is 3. The molecule has 4 N–H and O–H groups in total. The van der Waals surface area contributed by atoms with Gasteiger partial charge in [0.05, 0.1) is 43.6 Å². The molecule has 5 aromatic rings. The number of fused-ring (bicyclic) bond motifs is 1. The molecule has 1 spiro atoms. The second-order valence-electron chi connectivity index (χ2n) is 17.8. The smallest absolute Gasteiger partial charge is 0.344 e. The first-order chi connectivity index (χ1) is 32.8. The molecule has 350 valence electrons. The lowest BCUT2D eigenvalue weighted by molar-refractivity contribution is -0.228. The van der Waals surface area contributed by atoms with Gasteiger partial charge in [-0.25, -0.2) is 19.2 Å². The predicted molar refractivity (Wildman–Crippen MR) is 254 cm³/mol. The lowest BCUT2D eigenvalue weighted by Crippen LogP contribution is -2.81. The first-order valence-electron chi connectivity index (χ1n) is 22.5. The molecule has 68 heavy (non-hydrogen) atoms. The summed E-state index contributed by atoms with van der Waals surface area (Å²) < 4.78 is 32.8. The van der Waals surface area contributed by atoms with Crippen LogP contribution in [0.3, 0.4) is 0 Å². The van der Waals surface area contributed by atoms with Crippen LogP contribution in [-0.2, 0) is 31.0 Å². The van der Waals surface area contributed by atoms with Crippen molar-refractivity contribution in [2.45, 2.75) is 69.4 Å². The first-order valence-corrected chi connectivity index (χ1v) is 22.5. The van der Waals surface area contributed by atoms with Crippen LogP contribution in [0.4, 0.5) is 27.4 Å². The molecular formula is C52H53FN8O7. The van der Waals surface area contributed by atoms with Crippen LogP contribution in [0, 0.1) is 30.0 Å². The number of anilines is 4. The molecule has 15 nitrogen and oxygen atoms in total. The standard InChI is InChI=1S/C52H53FN8O7/c1-7-50-18-10-23-61-24-19-51(45(50)61)38-26-34(43(66-5)28-42(38)60(4)46(51)52(65,48(64)67-6)47(50)68-32(3)62)11-8-20-54-29-33-14-16-37(39(53)25-33)44(63)57-36-15-13-31(2)41(27-36)59-49-56-22-17-40(58-49)35-12-9-21-55-30-35/h9-10,12-18,21-22,25-28,30,45-47,54,65H,7,19-20,23-24,29H2,1-6H3,(H,57,63)(H,56,58,59)/t45-,46+,47+,50+,51+,52-/m0/s1. The molecule has 1 saturated carbocycles. The van der Waals surface area contributed by atoms with Gasteiger partial charge < -0.3 is 40.2 Å². The Morgan fingerprint density at radius 1 is 1.04 bits per heavy atom. The summed E-state index contributed by atoms with van der Waals surface area (Å²) in [6.07, 6.45) is 9.01. The summed E-state index contributed by atoms with van der Waals surface area (Å²) in [4.78, 5) is 57.5. The van der Waals surface area contributed by atoms with Gasteiger partial charge in [-0.2, -0.15) is 0 Å². The number of aryl methyl sites for hydroxylation is 1. The van der Waals surface area contributed by atoms with E-state index in [2.05, 4.69) is 47.6 Å². The first kappa shape index (κ1) is 45.9. The quantitative estimate of drug-likeness (QED) is 0.0490. The van der Waals surface area contributed by atoms with E-state index < -0.39 is 52.2 Å². The van der Waals surface area contributed by atoms with E-state index in [9.17, 15) is 19.5 Å². The number of pyridine rings is 1. The van der Waals surface area contributed by atoms with E-state index in [1.54, 1.807) is 50.0 Å². The van der Waals surface area contributed by atoms with Crippen molar-refractivity contribution >= 4 is 40.9 Å². The van der Waals surface area contributed by atoms with Gasteiger partial charge in [-0.3, -0.25) is 19.5 Å². The summed E-state index contributed by atoms with van der Waals surface area (Å²) in [6, 6.07) is 18.1. The highest BCUT2D eigenvalue weighted by Gasteiger charge is 2.80. The molecule has 3 aliphatic heterocycles. The van der Waals surface area contributed by atoms with Crippen molar-refractivity contribution in [2.75, 3.05) is 56.4 Å². The number of methoxy groups -OCH3 is 2. The molecule has 6 atom stereocenters. The third-order valence-corrected chi connectivity index (χ3v) is 14.1. The number of hydrogen-bond donors (Lipinski definition) is 4. The Hall–Kier alpha value is -7.19. The maximum atomic E-state index is 15.5. The number of carbonyl (C=O) groups excluding carboxylic acids is 3. The fourth-order valence-corrected chi connectivity index (χ4v) is 11.4. The van der Waals surface area contributed by atoms with Crippen LogP contribution >= 0.6 is 0 Å². The average Bonchev–Trinajstić information content (AvgIpc) is 3.85. The molecule has 1 aliphatic carbocycles. The SMILES string of the molecule is CC[C@]12C=CCN3CC[C@@]4(c5cc(C#CCNCc6ccc(C(=O)Nc7ccc(C)c(Nc8nccc(-c9cccnc9)n8)c7)c(F)c6)c(OC)cc5N(C)[C@H]4[C@@](O)(C(=O)OC)[C@@H]1OC(C)=O)[C@@H]32. The van der Waals surface area contributed by atoms with Gasteiger partial charge in [0, 0.05) is 91.2 Å². The van der Waals surface area contributed by atoms with Crippen LogP contribution in [0.1, 0.15) is 59.3 Å². The van der Waals surface area contributed by atoms with Crippen LogP contribution in [0.15, 0.2) is 97.5 Å². The summed E-state index contributed by atoms with van der Waals surface area (Å²) in [6.45, 7) is 7.09. The van der Waals surface area contributed by atoms with Crippen molar-refractivity contribution < 1.29 is 38.1 Å². The summed E-state index contributed by atoms with van der Waals surface area (Å²) >= 11 is 0. The number of esters is 2. The van der Waals surface area contributed by atoms with Crippen LogP contribution in [-0.4, -0.2) is 107 Å². The van der Waals surface area contributed by atoms with E-state index in [1.165, 1.54) is 26.2 Å². The van der Waals surface area contributed by atoms with E-state index in [4.69, 9.17) is 14.2 Å². The molecule has 0 unspecified atom stereocenters. The van der Waals surface area contributed by atoms with Gasteiger partial charge in [-0.15, -0.1) is 0 Å². The van der Waals surface area contributed by atoms with E-state index in [-0.39, 0.29) is 24.7 Å². The van der Waals surface area contributed by atoms with Gasteiger partial charge in [0.1, 0.15) is 11.6 Å². The highest BCUT2D eigenvalue weighted by molar-refractivity contribution is 6.04. The number of amides is 1. The van der Waals surface area contributed by atoms with Crippen molar-refractivity contribution in [3.8, 4) is 28.8 Å². The fourth-order valence-electron chi connectivity index (χ4n) is 11.4. The highest BCUT2D eigenvalue weighted by atomic mass is 19.1. The summed E-state index contributed by atoms with van der Waals surface area (Å²) in [5.74, 6) is 4.59. The Balaban J connectivity index is 0.901. The van der Waals surface area contributed by atoms with Crippen LogP contribution in [0.2, 0.25) is 0 Å². The minimum absolute atomic E-state index is 0.108. The highest BCUT2D eigenvalue weighted by Crippen LogP contribution is 2.67. The molecule has 1 amide bonds. The Morgan fingerprint density at radius 3 is 2.62 bits per heavy atom. The zero-order chi connectivity index (χ0) is 48.0. The molecular weight excluding hydrogens is 868 g/mol. The van der Waals surface area contributed by atoms with Gasteiger partial charge >= 0.3 is 11.9 Å². The Kier molecular flexibility index (Phi) is 12.3.